The topological polar surface area (TPSA) is 73.8 Å². The van der Waals surface area contributed by atoms with Crippen molar-refractivity contribution in [2.75, 3.05) is 103 Å². The van der Waals surface area contributed by atoms with Crippen molar-refractivity contribution in [3.8, 4) is 11.5 Å². The molecule has 0 spiro atoms. The normalized spacial score (nSPS) is 11.2. The van der Waals surface area contributed by atoms with E-state index in [1.54, 1.807) is 0 Å². The maximum atomic E-state index is 5.72. The quantitative estimate of drug-likeness (QED) is 0.133. The Morgan fingerprint density at radius 3 is 1.06 bits per heavy atom. The van der Waals surface area contributed by atoms with Gasteiger partial charge < -0.3 is 37.9 Å². The van der Waals surface area contributed by atoms with Gasteiger partial charge in [0.15, 0.2) is 11.5 Å². The Morgan fingerprint density at radius 1 is 0.452 bits per heavy atom. The molecule has 0 aliphatic heterocycles. The summed E-state index contributed by atoms with van der Waals surface area (Å²) in [6.45, 7) is 7.76. The van der Waals surface area contributed by atoms with Gasteiger partial charge in [-0.1, -0.05) is 31.9 Å². The molecule has 1 aromatic rings. The molecule has 0 fully saturated rings. The second kappa shape index (κ2) is 23.2. The monoisotopic (exact) mass is 592 g/mol. The summed E-state index contributed by atoms with van der Waals surface area (Å²) in [4.78, 5) is 0. The Kier molecular flexibility index (Phi) is 21.7. The van der Waals surface area contributed by atoms with Crippen molar-refractivity contribution >= 4 is 43.2 Å². The Labute approximate surface area is 206 Å². The van der Waals surface area contributed by atoms with Crippen LogP contribution in [0.5, 0.6) is 11.5 Å². The fourth-order valence-electron chi connectivity index (χ4n) is 2.10. The summed E-state index contributed by atoms with van der Waals surface area (Å²) in [6, 6.07) is 0. The van der Waals surface area contributed by atoms with Crippen LogP contribution in [0.3, 0.4) is 0 Å². The molecule has 0 aliphatic carbocycles. The zero-order valence-corrected chi connectivity index (χ0v) is 21.9. The van der Waals surface area contributed by atoms with Crippen LogP contribution >= 0.6 is 43.2 Å². The van der Waals surface area contributed by atoms with Gasteiger partial charge in [0.1, 0.15) is 13.2 Å². The molecule has 1 aromatic heterocycles. The van der Waals surface area contributed by atoms with Crippen molar-refractivity contribution in [3.05, 3.63) is 10.8 Å². The molecule has 182 valence electrons. The number of hydrogen-bond acceptors (Lipinski definition) is 9. The fourth-order valence-corrected chi connectivity index (χ4v) is 3.24. The molecule has 11 heteroatoms. The molecule has 0 unspecified atom stereocenters. The number of rotatable bonds is 24. The minimum Gasteiger partial charge on any atom is -0.486 e. The van der Waals surface area contributed by atoms with E-state index in [0.29, 0.717) is 92.5 Å². The maximum Gasteiger partial charge on any atom is 0.171 e. The molecule has 31 heavy (non-hydrogen) atoms. The molecule has 0 N–H and O–H groups in total. The van der Waals surface area contributed by atoms with Crippen LogP contribution in [0.2, 0.25) is 0 Å². The van der Waals surface area contributed by atoms with Crippen LogP contribution in [-0.2, 0) is 28.4 Å². The van der Waals surface area contributed by atoms with Crippen LogP contribution in [0.25, 0.3) is 0 Å². The molecule has 0 atom stereocenters. The lowest BCUT2D eigenvalue weighted by atomic mass is 10.5. The fraction of sp³-hybridized carbons (Fsp3) is 0.800. The second-order valence-corrected chi connectivity index (χ2v) is 8.18. The van der Waals surface area contributed by atoms with Gasteiger partial charge in [0, 0.05) is 21.4 Å². The summed E-state index contributed by atoms with van der Waals surface area (Å²) >= 11 is 8.13. The number of alkyl halides is 2. The van der Waals surface area contributed by atoms with E-state index < -0.39 is 0 Å². The van der Waals surface area contributed by atoms with Crippen LogP contribution in [0.4, 0.5) is 0 Å². The van der Waals surface area contributed by atoms with Crippen molar-refractivity contribution in [2.24, 2.45) is 0 Å². The summed E-state index contributed by atoms with van der Waals surface area (Å²) in [7, 11) is 0. The largest absolute Gasteiger partial charge is 0.486 e. The average Bonchev–Trinajstić information content (AvgIpc) is 3.23. The van der Waals surface area contributed by atoms with Crippen molar-refractivity contribution in [2.45, 2.75) is 0 Å². The molecule has 0 radical (unpaired) electrons. The van der Waals surface area contributed by atoms with Crippen molar-refractivity contribution in [3.63, 3.8) is 0 Å². The predicted molar refractivity (Wildman–Crippen MR) is 128 cm³/mol. The SMILES string of the molecule is BrCCOCCOCCOCCOc1cscc1OCCOCCOCCOCCBr. The molecule has 8 nitrogen and oxygen atoms in total. The van der Waals surface area contributed by atoms with Gasteiger partial charge in [0.05, 0.1) is 79.3 Å². The summed E-state index contributed by atoms with van der Waals surface area (Å²) in [6.07, 6.45) is 0. The molecular weight excluding hydrogens is 560 g/mol. The first-order valence-electron chi connectivity index (χ1n) is 10.3. The third-order valence-corrected chi connectivity index (χ3v) is 4.84. The Balaban J connectivity index is 1.91. The van der Waals surface area contributed by atoms with E-state index >= 15 is 0 Å². The number of thiophene rings is 1. The average molecular weight is 594 g/mol. The Bertz CT molecular complexity index is 455. The van der Waals surface area contributed by atoms with Gasteiger partial charge in [0.2, 0.25) is 0 Å². The lowest BCUT2D eigenvalue weighted by Gasteiger charge is -2.10. The Morgan fingerprint density at radius 2 is 0.742 bits per heavy atom. The van der Waals surface area contributed by atoms with Crippen molar-refractivity contribution in [1.29, 1.82) is 0 Å². The van der Waals surface area contributed by atoms with Gasteiger partial charge in [-0.3, -0.25) is 0 Å². The molecule has 0 aromatic carbocycles. The lowest BCUT2D eigenvalue weighted by molar-refractivity contribution is 0.0103. The number of hydrogen-bond donors (Lipinski definition) is 0. The van der Waals surface area contributed by atoms with Crippen LogP contribution in [0, 0.1) is 0 Å². The molecule has 1 heterocycles. The van der Waals surface area contributed by atoms with Crippen LogP contribution < -0.4 is 9.47 Å². The molecule has 1 rings (SSSR count). The van der Waals surface area contributed by atoms with E-state index in [0.717, 1.165) is 22.2 Å². The van der Waals surface area contributed by atoms with Gasteiger partial charge in [-0.2, -0.15) is 0 Å². The van der Waals surface area contributed by atoms with E-state index in [-0.39, 0.29) is 0 Å². The van der Waals surface area contributed by atoms with Gasteiger partial charge >= 0.3 is 0 Å². The minimum atomic E-state index is 0.453. The van der Waals surface area contributed by atoms with Gasteiger partial charge in [-0.15, -0.1) is 11.3 Å². The first kappa shape index (κ1) is 29.1. The highest BCUT2D eigenvalue weighted by Crippen LogP contribution is 2.31. The molecule has 0 saturated carbocycles. The zero-order chi connectivity index (χ0) is 22.2. The van der Waals surface area contributed by atoms with E-state index in [9.17, 15) is 0 Å². The molecule has 0 amide bonds. The number of halogens is 2. The third kappa shape index (κ3) is 18.2. The molecule has 0 saturated heterocycles. The lowest BCUT2D eigenvalue weighted by Crippen LogP contribution is -2.14. The minimum absolute atomic E-state index is 0.453. The molecule has 0 bridgehead atoms. The van der Waals surface area contributed by atoms with Crippen molar-refractivity contribution < 1.29 is 37.9 Å². The first-order chi connectivity index (χ1) is 15.4. The van der Waals surface area contributed by atoms with Crippen molar-refractivity contribution in [1.82, 2.24) is 0 Å². The zero-order valence-electron chi connectivity index (χ0n) is 17.9. The smallest absolute Gasteiger partial charge is 0.171 e. The second-order valence-electron chi connectivity index (χ2n) is 5.85. The molecular formula is C20H34Br2O8S. The Hall–Kier alpha value is 0.0200. The number of ether oxygens (including phenoxy) is 8. The van der Waals surface area contributed by atoms with Crippen LogP contribution in [0.1, 0.15) is 0 Å². The highest BCUT2D eigenvalue weighted by atomic mass is 79.9. The standard InChI is InChI=1S/C20H34Br2O8S/c21-1-3-23-5-7-25-9-11-27-13-15-29-19-17-31-18-20(19)30-16-14-28-12-10-26-8-6-24-4-2-22/h17-18H,1-16H2. The third-order valence-electron chi connectivity index (χ3n) is 3.49. The van der Waals surface area contributed by atoms with Gasteiger partial charge in [0.25, 0.3) is 0 Å². The van der Waals surface area contributed by atoms with Crippen LogP contribution in [0.15, 0.2) is 10.8 Å². The summed E-state index contributed by atoms with van der Waals surface area (Å²) < 4.78 is 43.8. The van der Waals surface area contributed by atoms with E-state index in [1.165, 1.54) is 11.3 Å². The van der Waals surface area contributed by atoms with Gasteiger partial charge in [-0.05, 0) is 0 Å². The maximum absolute atomic E-state index is 5.72. The van der Waals surface area contributed by atoms with E-state index in [4.69, 9.17) is 37.9 Å². The highest BCUT2D eigenvalue weighted by molar-refractivity contribution is 9.09. The highest BCUT2D eigenvalue weighted by Gasteiger charge is 2.06. The summed E-state index contributed by atoms with van der Waals surface area (Å²) in [5, 5.41) is 5.51. The van der Waals surface area contributed by atoms with E-state index in [2.05, 4.69) is 31.9 Å². The first-order valence-corrected chi connectivity index (χ1v) is 13.5. The van der Waals surface area contributed by atoms with E-state index in [1.807, 2.05) is 10.8 Å². The van der Waals surface area contributed by atoms with Crippen LogP contribution in [-0.4, -0.2) is 103 Å². The summed E-state index contributed by atoms with van der Waals surface area (Å²) in [5.74, 6) is 1.45. The molecule has 0 aliphatic rings. The predicted octanol–water partition coefficient (Wildman–Crippen LogP) is 3.40. The van der Waals surface area contributed by atoms with Gasteiger partial charge in [-0.25, -0.2) is 0 Å². The summed E-state index contributed by atoms with van der Waals surface area (Å²) in [5.41, 5.74) is 0.